The van der Waals surface area contributed by atoms with Crippen molar-refractivity contribution in [2.75, 3.05) is 11.5 Å². The van der Waals surface area contributed by atoms with Crippen LogP contribution in [0.1, 0.15) is 91.5 Å². The van der Waals surface area contributed by atoms with Crippen molar-refractivity contribution in [2.45, 2.75) is 141 Å². The summed E-state index contributed by atoms with van der Waals surface area (Å²) in [5.74, 6) is -6.92. The number of sulfone groups is 2. The summed E-state index contributed by atoms with van der Waals surface area (Å²) in [6.45, 7) is 16.4. The van der Waals surface area contributed by atoms with Crippen molar-refractivity contribution in [3.63, 3.8) is 0 Å². The first kappa shape index (κ1) is 62.7. The molecule has 0 aliphatic heterocycles. The van der Waals surface area contributed by atoms with Crippen LogP contribution in [0.25, 0.3) is 21.5 Å². The zero-order chi connectivity index (χ0) is 58.7. The average molecular weight is 1130 g/mol. The van der Waals surface area contributed by atoms with Gasteiger partial charge in [-0.1, -0.05) is 173 Å². The summed E-state index contributed by atoms with van der Waals surface area (Å²) < 4.78 is 52.9. The highest BCUT2D eigenvalue weighted by Gasteiger charge is 2.41. The molecule has 0 unspecified atom stereocenters. The number of carbonyl (C=O) groups excluding carboxylic acids is 4. The third kappa shape index (κ3) is 16.4. The monoisotopic (exact) mass is 1130 g/mol. The molecule has 6 rings (SSSR count). The van der Waals surface area contributed by atoms with Gasteiger partial charge < -0.3 is 31.5 Å². The first-order valence-corrected chi connectivity index (χ1v) is 30.9. The van der Waals surface area contributed by atoms with E-state index >= 15 is 0 Å². The van der Waals surface area contributed by atoms with Gasteiger partial charge in [0.2, 0.25) is 23.6 Å². The summed E-state index contributed by atoms with van der Waals surface area (Å²) in [5, 5.41) is 40.1. The van der Waals surface area contributed by atoms with E-state index in [1.165, 1.54) is 0 Å². The highest BCUT2D eigenvalue weighted by atomic mass is 32.2. The summed E-state index contributed by atoms with van der Waals surface area (Å²) in [6, 6.07) is 39.7. The molecular formula is C64H82N4O10S2. The quantitative estimate of drug-likeness (QED) is 0.0325. The lowest BCUT2D eigenvalue weighted by atomic mass is 9.90. The number of amides is 4. The highest BCUT2D eigenvalue weighted by Crippen LogP contribution is 2.28. The fraction of sp³-hybridized carbons (Fsp3) is 0.438. The van der Waals surface area contributed by atoms with Gasteiger partial charge in [-0.15, -0.1) is 0 Å². The van der Waals surface area contributed by atoms with E-state index < -0.39 is 124 Å². The number of carbonyl (C=O) groups is 4. The van der Waals surface area contributed by atoms with Gasteiger partial charge in [-0.3, -0.25) is 19.2 Å². The van der Waals surface area contributed by atoms with E-state index in [-0.39, 0.29) is 25.7 Å². The van der Waals surface area contributed by atoms with E-state index in [4.69, 9.17) is 0 Å². The molecule has 6 N–H and O–H groups in total. The third-order valence-corrected chi connectivity index (χ3v) is 20.5. The predicted molar refractivity (Wildman–Crippen MR) is 319 cm³/mol. The lowest BCUT2D eigenvalue weighted by Gasteiger charge is -2.35. The Kier molecular flexibility index (Phi) is 21.1. The Morgan fingerprint density at radius 3 is 1.05 bits per heavy atom. The second kappa shape index (κ2) is 26.9. The summed E-state index contributed by atoms with van der Waals surface area (Å²) in [6.07, 6.45) is -3.37. The number of fused-ring (bicyclic) bond motifs is 2. The van der Waals surface area contributed by atoms with Crippen molar-refractivity contribution in [3.8, 4) is 0 Å². The van der Waals surface area contributed by atoms with Crippen molar-refractivity contribution in [1.29, 1.82) is 0 Å². The lowest BCUT2D eigenvalue weighted by Crippen LogP contribution is -2.62. The molecule has 0 saturated heterocycles. The van der Waals surface area contributed by atoms with Gasteiger partial charge >= 0.3 is 0 Å². The van der Waals surface area contributed by atoms with Gasteiger partial charge in [0.15, 0.2) is 19.7 Å². The summed E-state index contributed by atoms with van der Waals surface area (Å²) >= 11 is 0. The molecule has 0 aliphatic carbocycles. The van der Waals surface area contributed by atoms with Crippen molar-refractivity contribution < 1.29 is 46.2 Å². The molecule has 0 aliphatic rings. The van der Waals surface area contributed by atoms with Gasteiger partial charge in [0.1, 0.15) is 24.3 Å². The fourth-order valence-electron chi connectivity index (χ4n) is 9.84. The molecule has 8 atom stereocenters. The van der Waals surface area contributed by atoms with Crippen molar-refractivity contribution in [2.24, 2.45) is 23.7 Å². The van der Waals surface area contributed by atoms with Crippen LogP contribution in [0.3, 0.4) is 0 Å². The van der Waals surface area contributed by atoms with Crippen LogP contribution >= 0.6 is 0 Å². The number of hydrogen-bond acceptors (Lipinski definition) is 10. The molecule has 80 heavy (non-hydrogen) atoms. The normalized spacial score (nSPS) is 15.5. The molecule has 0 aromatic heterocycles. The van der Waals surface area contributed by atoms with Gasteiger partial charge in [-0.25, -0.2) is 16.8 Å². The SMILES string of the molecule is CC(C)[C@H](NC(=O)[C@H](Cc1cccc2ccccc12)CS(=O)(=O)C(C)(C)C)C(=O)N[C@@H](Cc1ccccc1)[C@@H](O)[C@H](O)[C@H](Cc1ccccc1)NC(=O)[C@@H](NC(=O)[C@@H](Cc1cccc2ccccc12)CS(=O)(=O)C(C)(C)C)C(C)C. The molecule has 6 aromatic carbocycles. The number of aliphatic hydroxyl groups is 2. The number of nitrogens with one attached hydrogen (secondary N) is 4. The summed E-state index contributed by atoms with van der Waals surface area (Å²) in [7, 11) is -7.70. The minimum Gasteiger partial charge on any atom is -0.388 e. The van der Waals surface area contributed by atoms with E-state index in [9.17, 15) is 46.2 Å². The first-order chi connectivity index (χ1) is 37.6. The molecule has 14 nitrogen and oxygen atoms in total. The third-order valence-electron chi connectivity index (χ3n) is 15.1. The standard InChI is InChI=1S/C64H82N4O10S2/c1-41(2)55(67-59(71)49(39-79(75,76)63(5,6)7)37-47-31-21-29-45-27-17-19-33-51(45)47)61(73)65-53(35-43-23-13-11-14-24-43)57(69)58(70)54(36-44-25-15-12-16-26-44)66-62(74)56(42(3)4)68-60(72)50(40-80(77,78)64(8,9)10)38-48-32-22-30-46-28-18-20-34-52(46)48/h11-34,41-42,49-50,53-58,69-70H,35-40H2,1-10H3,(H,65,73)(H,66,74)(H,67,71)(H,68,72)/t49-,50+,53-,54-,55-,56-,57+,58+/m0/s1. The number of benzene rings is 6. The Morgan fingerprint density at radius 2 is 0.725 bits per heavy atom. The van der Waals surface area contributed by atoms with E-state index in [0.717, 1.165) is 32.7 Å². The van der Waals surface area contributed by atoms with E-state index in [1.807, 2.05) is 97.1 Å². The number of aliphatic hydroxyl groups excluding tert-OH is 2. The van der Waals surface area contributed by atoms with Crippen molar-refractivity contribution >= 4 is 64.8 Å². The highest BCUT2D eigenvalue weighted by molar-refractivity contribution is 7.93. The maximum absolute atomic E-state index is 14.7. The Morgan fingerprint density at radius 1 is 0.412 bits per heavy atom. The molecule has 430 valence electrons. The molecule has 0 bridgehead atoms. The Balaban J connectivity index is 1.29. The molecule has 0 heterocycles. The van der Waals surface area contributed by atoms with Gasteiger partial charge in [0.05, 0.1) is 44.9 Å². The molecule has 0 spiro atoms. The zero-order valence-electron chi connectivity index (χ0n) is 47.8. The minimum absolute atomic E-state index is 0.00332. The van der Waals surface area contributed by atoms with Gasteiger partial charge in [-0.05, 0) is 123 Å². The maximum Gasteiger partial charge on any atom is 0.243 e. The van der Waals surface area contributed by atoms with E-state index in [1.54, 1.807) is 118 Å². The molecule has 4 amide bonds. The molecule has 16 heteroatoms. The fourth-order valence-corrected chi connectivity index (χ4v) is 12.4. The Labute approximate surface area is 473 Å². The van der Waals surface area contributed by atoms with Crippen molar-refractivity contribution in [3.05, 3.63) is 168 Å². The molecular weight excluding hydrogens is 1050 g/mol. The topological polar surface area (TPSA) is 225 Å². The van der Waals surface area contributed by atoms with Gasteiger partial charge in [0.25, 0.3) is 0 Å². The van der Waals surface area contributed by atoms with E-state index in [0.29, 0.717) is 11.1 Å². The lowest BCUT2D eigenvalue weighted by molar-refractivity contribution is -0.134. The number of rotatable bonds is 25. The average Bonchev–Trinajstić information content (AvgIpc) is 3.40. The molecule has 0 saturated carbocycles. The maximum atomic E-state index is 14.7. The van der Waals surface area contributed by atoms with Crippen LogP contribution in [-0.4, -0.2) is 108 Å². The summed E-state index contributed by atoms with van der Waals surface area (Å²) in [4.78, 5) is 58.7. The summed E-state index contributed by atoms with van der Waals surface area (Å²) in [5.41, 5.74) is 2.92. The Bertz CT molecular complexity index is 3070. The Hall–Kier alpha value is -6.46. The van der Waals surface area contributed by atoms with Crippen LogP contribution in [0.5, 0.6) is 0 Å². The van der Waals surface area contributed by atoms with Crippen LogP contribution < -0.4 is 21.3 Å². The second-order valence-corrected chi connectivity index (χ2v) is 29.5. The molecule has 6 aromatic rings. The van der Waals surface area contributed by atoms with Crippen LogP contribution in [-0.2, 0) is 64.5 Å². The van der Waals surface area contributed by atoms with Crippen LogP contribution in [0, 0.1) is 23.7 Å². The largest absolute Gasteiger partial charge is 0.388 e. The zero-order valence-corrected chi connectivity index (χ0v) is 49.5. The van der Waals surface area contributed by atoms with Crippen molar-refractivity contribution in [1.82, 2.24) is 21.3 Å². The minimum atomic E-state index is -3.85. The first-order valence-electron chi connectivity index (χ1n) is 27.6. The predicted octanol–water partition coefficient (Wildman–Crippen LogP) is 7.90. The van der Waals surface area contributed by atoms with E-state index in [2.05, 4.69) is 21.3 Å². The van der Waals surface area contributed by atoms with Gasteiger partial charge in [-0.2, -0.15) is 0 Å². The van der Waals surface area contributed by atoms with Gasteiger partial charge in [0, 0.05) is 0 Å². The van der Waals surface area contributed by atoms with Crippen LogP contribution in [0.2, 0.25) is 0 Å². The van der Waals surface area contributed by atoms with Crippen LogP contribution in [0.4, 0.5) is 0 Å². The second-order valence-electron chi connectivity index (χ2n) is 23.9. The smallest absolute Gasteiger partial charge is 0.243 e. The molecule has 0 radical (unpaired) electrons. The number of hydrogen-bond donors (Lipinski definition) is 6. The van der Waals surface area contributed by atoms with Crippen LogP contribution in [0.15, 0.2) is 146 Å². The molecule has 0 fully saturated rings.